The largest absolute Gasteiger partial charge is 0.508 e. The number of phenolic OH excluding ortho intramolecular Hbond substituents is 1. The van der Waals surface area contributed by atoms with E-state index in [9.17, 15) is 5.11 Å². The third-order valence-electron chi connectivity index (χ3n) is 1.96. The van der Waals surface area contributed by atoms with Gasteiger partial charge in [-0.2, -0.15) is 0 Å². The lowest BCUT2D eigenvalue weighted by Crippen LogP contribution is -1.82. The molecule has 0 spiro atoms. The summed E-state index contributed by atoms with van der Waals surface area (Å²) in [7, 11) is 0. The van der Waals surface area contributed by atoms with Gasteiger partial charge >= 0.3 is 0 Å². The van der Waals surface area contributed by atoms with Crippen molar-refractivity contribution < 1.29 is 9.84 Å². The Labute approximate surface area is 94.1 Å². The van der Waals surface area contributed by atoms with Crippen LogP contribution in [0, 0.1) is 12.0 Å². The van der Waals surface area contributed by atoms with Crippen LogP contribution >= 0.6 is 0 Å². The first-order chi connectivity index (χ1) is 7.84. The van der Waals surface area contributed by atoms with E-state index in [-0.39, 0.29) is 5.75 Å². The maximum absolute atomic E-state index is 9.20. The van der Waals surface area contributed by atoms with E-state index in [1.807, 2.05) is 30.3 Å². The fraction of sp³-hybridized carbons (Fsp3) is 0. The van der Waals surface area contributed by atoms with E-state index in [1.165, 1.54) is 6.07 Å². The van der Waals surface area contributed by atoms with Crippen LogP contribution in [-0.4, -0.2) is 5.11 Å². The standard InChI is InChI=1S/C14H10O2/c15-13-7-4-8-14(11-13)16-10-9-12-5-2-1-3-6-12/h1-8,11,15H. The number of benzene rings is 2. The van der Waals surface area contributed by atoms with Gasteiger partial charge in [0, 0.05) is 11.6 Å². The summed E-state index contributed by atoms with van der Waals surface area (Å²) in [4.78, 5) is 0. The summed E-state index contributed by atoms with van der Waals surface area (Å²) >= 11 is 0. The average Bonchev–Trinajstić information content (AvgIpc) is 2.30. The molecule has 0 saturated heterocycles. The quantitative estimate of drug-likeness (QED) is 0.733. The number of ether oxygens (including phenoxy) is 1. The fourth-order valence-electron chi connectivity index (χ4n) is 1.21. The predicted molar refractivity (Wildman–Crippen MR) is 62.1 cm³/mol. The topological polar surface area (TPSA) is 29.5 Å². The molecule has 2 aromatic rings. The van der Waals surface area contributed by atoms with Crippen molar-refractivity contribution in [2.75, 3.05) is 0 Å². The van der Waals surface area contributed by atoms with Crippen molar-refractivity contribution in [2.45, 2.75) is 0 Å². The first-order valence-corrected chi connectivity index (χ1v) is 4.86. The second kappa shape index (κ2) is 4.90. The molecule has 0 atom stereocenters. The first kappa shape index (κ1) is 10.1. The SMILES string of the molecule is Oc1cccc(OC#Cc2ccccc2)c1. The average molecular weight is 210 g/mol. The van der Waals surface area contributed by atoms with Crippen LogP contribution in [0.2, 0.25) is 0 Å². The summed E-state index contributed by atoms with van der Waals surface area (Å²) < 4.78 is 5.17. The van der Waals surface area contributed by atoms with Gasteiger partial charge in [-0.1, -0.05) is 24.3 Å². The van der Waals surface area contributed by atoms with Crippen molar-refractivity contribution >= 4 is 0 Å². The number of hydrogen-bond acceptors (Lipinski definition) is 2. The lowest BCUT2D eigenvalue weighted by Gasteiger charge is -1.96. The summed E-state index contributed by atoms with van der Waals surface area (Å²) in [6.07, 6.45) is 2.58. The van der Waals surface area contributed by atoms with Crippen LogP contribution in [-0.2, 0) is 0 Å². The van der Waals surface area contributed by atoms with Gasteiger partial charge in [-0.25, -0.2) is 0 Å². The molecule has 78 valence electrons. The highest BCUT2D eigenvalue weighted by molar-refractivity contribution is 5.35. The first-order valence-electron chi connectivity index (χ1n) is 4.86. The molecule has 0 unspecified atom stereocenters. The van der Waals surface area contributed by atoms with Crippen molar-refractivity contribution in [3.63, 3.8) is 0 Å². The van der Waals surface area contributed by atoms with Gasteiger partial charge in [0.25, 0.3) is 0 Å². The number of aromatic hydroxyl groups is 1. The minimum Gasteiger partial charge on any atom is -0.508 e. The Morgan fingerprint density at radius 1 is 0.938 bits per heavy atom. The molecule has 16 heavy (non-hydrogen) atoms. The smallest absolute Gasteiger partial charge is 0.143 e. The highest BCUT2D eigenvalue weighted by atomic mass is 16.5. The molecular weight excluding hydrogens is 200 g/mol. The van der Waals surface area contributed by atoms with Gasteiger partial charge in [0.1, 0.15) is 17.6 Å². The zero-order valence-electron chi connectivity index (χ0n) is 8.55. The van der Waals surface area contributed by atoms with Crippen molar-refractivity contribution in [3.05, 3.63) is 60.2 Å². The van der Waals surface area contributed by atoms with Gasteiger partial charge in [0.2, 0.25) is 0 Å². The molecule has 0 aliphatic rings. The van der Waals surface area contributed by atoms with Crippen LogP contribution in [0.15, 0.2) is 54.6 Å². The van der Waals surface area contributed by atoms with E-state index in [2.05, 4.69) is 12.0 Å². The van der Waals surface area contributed by atoms with E-state index < -0.39 is 0 Å². The molecule has 0 saturated carbocycles. The highest BCUT2D eigenvalue weighted by Gasteiger charge is 1.92. The molecule has 2 aromatic carbocycles. The van der Waals surface area contributed by atoms with Gasteiger partial charge < -0.3 is 9.84 Å². The maximum Gasteiger partial charge on any atom is 0.143 e. The van der Waals surface area contributed by atoms with E-state index in [0.29, 0.717) is 5.75 Å². The summed E-state index contributed by atoms with van der Waals surface area (Å²) in [5.41, 5.74) is 0.891. The third kappa shape index (κ3) is 2.79. The van der Waals surface area contributed by atoms with E-state index in [0.717, 1.165) is 5.56 Å². The minimum absolute atomic E-state index is 0.166. The zero-order valence-corrected chi connectivity index (χ0v) is 8.55. The molecule has 1 N–H and O–H groups in total. The van der Waals surface area contributed by atoms with Crippen LogP contribution in [0.5, 0.6) is 11.5 Å². The molecule has 0 fully saturated rings. The Hall–Kier alpha value is -2.40. The Morgan fingerprint density at radius 2 is 1.75 bits per heavy atom. The minimum atomic E-state index is 0.166. The van der Waals surface area contributed by atoms with Crippen molar-refractivity contribution in [2.24, 2.45) is 0 Å². The van der Waals surface area contributed by atoms with Crippen LogP contribution < -0.4 is 4.74 Å². The highest BCUT2D eigenvalue weighted by Crippen LogP contribution is 2.17. The van der Waals surface area contributed by atoms with Crippen LogP contribution in [0.3, 0.4) is 0 Å². The number of phenols is 1. The molecular formula is C14H10O2. The van der Waals surface area contributed by atoms with E-state index >= 15 is 0 Å². The second-order valence-corrected chi connectivity index (χ2v) is 3.19. The molecule has 0 aliphatic carbocycles. The Morgan fingerprint density at radius 3 is 2.50 bits per heavy atom. The number of hydrogen-bond donors (Lipinski definition) is 1. The van der Waals surface area contributed by atoms with Gasteiger partial charge in [0.15, 0.2) is 0 Å². The Balaban J connectivity index is 2.06. The molecule has 0 radical (unpaired) electrons. The third-order valence-corrected chi connectivity index (χ3v) is 1.96. The normalized spacial score (nSPS) is 9.00. The van der Waals surface area contributed by atoms with Crippen LogP contribution in [0.1, 0.15) is 5.56 Å². The molecule has 0 bridgehead atoms. The lowest BCUT2D eigenvalue weighted by atomic mass is 10.2. The molecule has 0 aromatic heterocycles. The second-order valence-electron chi connectivity index (χ2n) is 3.19. The predicted octanol–water partition coefficient (Wildman–Crippen LogP) is 2.78. The van der Waals surface area contributed by atoms with Crippen molar-refractivity contribution in [3.8, 4) is 23.5 Å². The Kier molecular flexibility index (Phi) is 3.10. The molecule has 2 nitrogen and oxygen atoms in total. The van der Waals surface area contributed by atoms with Gasteiger partial charge in [-0.05, 0) is 30.2 Å². The van der Waals surface area contributed by atoms with Crippen LogP contribution in [0.25, 0.3) is 0 Å². The summed E-state index contributed by atoms with van der Waals surface area (Å²) in [5, 5.41) is 9.20. The summed E-state index contributed by atoms with van der Waals surface area (Å²) in [6.45, 7) is 0. The summed E-state index contributed by atoms with van der Waals surface area (Å²) in [6, 6.07) is 16.1. The van der Waals surface area contributed by atoms with Gasteiger partial charge in [-0.15, -0.1) is 0 Å². The van der Waals surface area contributed by atoms with Gasteiger partial charge in [0.05, 0.1) is 0 Å². The van der Waals surface area contributed by atoms with Crippen LogP contribution in [0.4, 0.5) is 0 Å². The summed E-state index contributed by atoms with van der Waals surface area (Å²) in [5.74, 6) is 3.56. The molecule has 0 aliphatic heterocycles. The lowest BCUT2D eigenvalue weighted by molar-refractivity contribution is 0.465. The molecule has 2 rings (SSSR count). The zero-order chi connectivity index (χ0) is 11.2. The van der Waals surface area contributed by atoms with E-state index in [4.69, 9.17) is 4.74 Å². The fourth-order valence-corrected chi connectivity index (χ4v) is 1.21. The molecule has 0 amide bonds. The van der Waals surface area contributed by atoms with Gasteiger partial charge in [-0.3, -0.25) is 0 Å². The number of rotatable bonds is 1. The molecule has 0 heterocycles. The monoisotopic (exact) mass is 210 g/mol. The molecule has 2 heteroatoms. The van der Waals surface area contributed by atoms with Crippen molar-refractivity contribution in [1.82, 2.24) is 0 Å². The Bertz CT molecular complexity index is 521. The van der Waals surface area contributed by atoms with E-state index in [1.54, 1.807) is 18.2 Å². The van der Waals surface area contributed by atoms with Crippen molar-refractivity contribution in [1.29, 1.82) is 0 Å². The maximum atomic E-state index is 9.20.